The molecule has 1 aliphatic heterocycles. The number of rotatable bonds is 6. The fourth-order valence-corrected chi connectivity index (χ4v) is 4.61. The minimum Gasteiger partial charge on any atom is -0.439 e. The molecule has 0 bridgehead atoms. The number of hydrogen-bond acceptors (Lipinski definition) is 3. The lowest BCUT2D eigenvalue weighted by Crippen LogP contribution is -2.33. The maximum absolute atomic E-state index is 5.95. The molecule has 0 amide bonds. The first kappa shape index (κ1) is 19.2. The first-order chi connectivity index (χ1) is 14.3. The summed E-state index contributed by atoms with van der Waals surface area (Å²) in [5.74, 6) is 1.78. The van der Waals surface area contributed by atoms with Crippen molar-refractivity contribution in [3.8, 4) is 5.75 Å². The van der Waals surface area contributed by atoms with Crippen LogP contribution in [-0.4, -0.2) is 6.54 Å². The van der Waals surface area contributed by atoms with E-state index in [1.165, 1.54) is 15.2 Å². The summed E-state index contributed by atoms with van der Waals surface area (Å²) >= 11 is 1.82. The topological polar surface area (TPSA) is 16.4 Å². The molecule has 0 saturated heterocycles. The van der Waals surface area contributed by atoms with Gasteiger partial charge in [0.15, 0.2) is 5.75 Å². The van der Waals surface area contributed by atoms with Gasteiger partial charge in [0, 0.05) is 18.7 Å². The lowest BCUT2D eigenvalue weighted by molar-refractivity contribution is -0.665. The zero-order chi connectivity index (χ0) is 20.1. The van der Waals surface area contributed by atoms with E-state index in [-0.39, 0.29) is 0 Å². The summed E-state index contributed by atoms with van der Waals surface area (Å²) in [5.41, 5.74) is 2.42. The van der Waals surface area contributed by atoms with E-state index in [1.54, 1.807) is 0 Å². The number of ether oxygens (including phenoxy) is 1. The molecule has 1 aliphatic rings. The van der Waals surface area contributed by atoms with Gasteiger partial charge in [-0.3, -0.25) is 0 Å². The molecule has 2 heterocycles. The van der Waals surface area contributed by atoms with E-state index in [1.807, 2.05) is 53.8 Å². The predicted molar refractivity (Wildman–Crippen MR) is 123 cm³/mol. The summed E-state index contributed by atoms with van der Waals surface area (Å²) in [4.78, 5) is 2.17. The number of aryl methyl sites for hydroxylation is 1. The Morgan fingerprint density at radius 3 is 2.55 bits per heavy atom. The number of para-hydroxylation sites is 3. The highest BCUT2D eigenvalue weighted by Crippen LogP contribution is 2.38. The molecule has 4 rings (SSSR count). The molecule has 146 valence electrons. The number of benzene rings is 2. The van der Waals surface area contributed by atoms with Crippen LogP contribution in [0.4, 0.5) is 5.69 Å². The molecule has 0 N–H and O–H groups in total. The van der Waals surface area contributed by atoms with E-state index in [0.717, 1.165) is 30.4 Å². The summed E-state index contributed by atoms with van der Waals surface area (Å²) < 4.78 is 9.61. The van der Waals surface area contributed by atoms with Crippen molar-refractivity contribution < 1.29 is 9.30 Å². The number of hydrogen-bond donors (Lipinski definition) is 0. The first-order valence-corrected chi connectivity index (χ1v) is 10.8. The molecule has 4 heteroatoms. The Labute approximate surface area is 176 Å². The van der Waals surface area contributed by atoms with Crippen LogP contribution < -0.4 is 14.2 Å². The average Bonchev–Trinajstić information content (AvgIpc) is 3.29. The second kappa shape index (κ2) is 8.93. The lowest BCUT2D eigenvalue weighted by atomic mass is 10.3. The van der Waals surface area contributed by atoms with Crippen molar-refractivity contribution in [2.45, 2.75) is 20.4 Å². The molecule has 3 aromatic rings. The summed E-state index contributed by atoms with van der Waals surface area (Å²) in [7, 11) is 0. The molecule has 29 heavy (non-hydrogen) atoms. The third kappa shape index (κ3) is 4.03. The van der Waals surface area contributed by atoms with E-state index in [4.69, 9.17) is 4.74 Å². The van der Waals surface area contributed by atoms with E-state index in [0.29, 0.717) is 0 Å². The van der Waals surface area contributed by atoms with Crippen LogP contribution >= 0.6 is 11.3 Å². The molecular weight excluding hydrogens is 376 g/mol. The summed E-state index contributed by atoms with van der Waals surface area (Å²) in [6, 6.07) is 16.7. The second-order valence-electron chi connectivity index (χ2n) is 6.60. The van der Waals surface area contributed by atoms with E-state index in [2.05, 4.69) is 71.9 Å². The smallest absolute Gasteiger partial charge is 0.262 e. The van der Waals surface area contributed by atoms with Crippen LogP contribution in [0.5, 0.6) is 5.75 Å². The third-order valence-corrected chi connectivity index (χ3v) is 5.96. The van der Waals surface area contributed by atoms with Crippen LogP contribution in [-0.2, 0) is 6.54 Å². The molecule has 2 aromatic carbocycles. The van der Waals surface area contributed by atoms with Gasteiger partial charge in [-0.1, -0.05) is 66.0 Å². The number of thiazole rings is 1. The summed E-state index contributed by atoms with van der Waals surface area (Å²) in [5, 5.41) is 1.26. The van der Waals surface area contributed by atoms with Gasteiger partial charge in [-0.05, 0) is 38.1 Å². The first-order valence-electron chi connectivity index (χ1n) is 9.99. The summed E-state index contributed by atoms with van der Waals surface area (Å²) in [6.07, 6.45) is 14.4. The van der Waals surface area contributed by atoms with Gasteiger partial charge in [0.05, 0.1) is 5.69 Å². The van der Waals surface area contributed by atoms with E-state index >= 15 is 0 Å². The Morgan fingerprint density at radius 2 is 1.69 bits per heavy atom. The van der Waals surface area contributed by atoms with Crippen LogP contribution in [0.25, 0.3) is 16.3 Å². The Morgan fingerprint density at radius 1 is 0.931 bits per heavy atom. The molecule has 3 nitrogen and oxygen atoms in total. The van der Waals surface area contributed by atoms with Gasteiger partial charge in [-0.15, -0.1) is 0 Å². The molecule has 0 atom stereocenters. The maximum Gasteiger partial charge on any atom is 0.262 e. The highest BCUT2D eigenvalue weighted by molar-refractivity contribution is 7.18. The standard InChI is InChI=1S/C25H25N2OS/c1-3-26-20-14-10-12-16-22(20)28-24(26)18-8-6-5-7-9-19-25-27(4-2)21-15-11-13-17-23(21)29-25/h5-19H,3-4H2,1-2H3/q+1. The Balaban J connectivity index is 1.41. The van der Waals surface area contributed by atoms with Crippen LogP contribution in [0.15, 0.2) is 90.9 Å². The third-order valence-electron chi connectivity index (χ3n) is 4.83. The van der Waals surface area contributed by atoms with Crippen molar-refractivity contribution in [1.82, 2.24) is 0 Å². The van der Waals surface area contributed by atoms with Crippen molar-refractivity contribution in [3.05, 3.63) is 95.9 Å². The van der Waals surface area contributed by atoms with Crippen molar-refractivity contribution in [3.63, 3.8) is 0 Å². The zero-order valence-corrected chi connectivity index (χ0v) is 17.6. The molecule has 0 saturated carbocycles. The minimum atomic E-state index is 0.864. The lowest BCUT2D eigenvalue weighted by Gasteiger charge is -2.14. The average molecular weight is 402 g/mol. The molecule has 0 aliphatic carbocycles. The number of nitrogens with zero attached hydrogens (tertiary/aromatic N) is 2. The fourth-order valence-electron chi connectivity index (χ4n) is 3.47. The summed E-state index contributed by atoms with van der Waals surface area (Å²) in [6.45, 7) is 6.16. The van der Waals surface area contributed by atoms with Crippen LogP contribution in [0.3, 0.4) is 0 Å². The fraction of sp³-hybridized carbons (Fsp3) is 0.160. The van der Waals surface area contributed by atoms with Crippen LogP contribution in [0, 0.1) is 0 Å². The van der Waals surface area contributed by atoms with E-state index < -0.39 is 0 Å². The van der Waals surface area contributed by atoms with Crippen molar-refractivity contribution in [2.24, 2.45) is 0 Å². The number of aromatic nitrogens is 1. The van der Waals surface area contributed by atoms with Gasteiger partial charge in [-0.2, -0.15) is 4.57 Å². The van der Waals surface area contributed by atoms with Gasteiger partial charge in [0.25, 0.3) is 5.01 Å². The number of anilines is 1. The molecule has 0 fully saturated rings. The zero-order valence-electron chi connectivity index (χ0n) is 16.8. The second-order valence-corrected chi connectivity index (χ2v) is 7.66. The normalized spacial score (nSPS) is 15.4. The molecule has 0 radical (unpaired) electrons. The Bertz CT molecular complexity index is 1120. The molecule has 0 spiro atoms. The Kier molecular flexibility index (Phi) is 5.92. The maximum atomic E-state index is 5.95. The quantitative estimate of drug-likeness (QED) is 0.367. The molecule has 0 unspecified atom stereocenters. The molecule has 1 aromatic heterocycles. The SMILES string of the molecule is CCN1\C(=C/C=C/C=C/C=C/c2sc3ccccc3[n+]2CC)Oc2ccccc21. The minimum absolute atomic E-state index is 0.864. The van der Waals surface area contributed by atoms with Crippen molar-refractivity contribution in [2.75, 3.05) is 11.4 Å². The van der Waals surface area contributed by atoms with Gasteiger partial charge in [-0.25, -0.2) is 0 Å². The van der Waals surface area contributed by atoms with Gasteiger partial charge < -0.3 is 9.64 Å². The predicted octanol–water partition coefficient (Wildman–Crippen LogP) is 6.09. The van der Waals surface area contributed by atoms with Crippen molar-refractivity contribution in [1.29, 1.82) is 0 Å². The van der Waals surface area contributed by atoms with E-state index in [9.17, 15) is 0 Å². The van der Waals surface area contributed by atoms with Crippen molar-refractivity contribution >= 4 is 33.3 Å². The monoisotopic (exact) mass is 401 g/mol. The number of fused-ring (bicyclic) bond motifs is 2. The van der Waals surface area contributed by atoms with Gasteiger partial charge >= 0.3 is 0 Å². The van der Waals surface area contributed by atoms with Gasteiger partial charge in [0.2, 0.25) is 11.4 Å². The largest absolute Gasteiger partial charge is 0.439 e. The van der Waals surface area contributed by atoms with Crippen LogP contribution in [0.2, 0.25) is 0 Å². The Hall–Kier alpha value is -3.11. The molecular formula is C25H25N2OS+. The highest BCUT2D eigenvalue weighted by Gasteiger charge is 2.23. The number of allylic oxidation sites excluding steroid dienone is 6. The highest BCUT2D eigenvalue weighted by atomic mass is 32.1. The van der Waals surface area contributed by atoms with Gasteiger partial charge in [0.1, 0.15) is 11.2 Å². The van der Waals surface area contributed by atoms with Crippen LogP contribution in [0.1, 0.15) is 18.9 Å².